The monoisotopic (exact) mass is 422 g/mol. The lowest BCUT2D eigenvalue weighted by Crippen LogP contribution is -2.38. The third kappa shape index (κ3) is 3.24. The van der Waals surface area contributed by atoms with Crippen LogP contribution in [-0.2, 0) is 0 Å². The predicted octanol–water partition coefficient (Wildman–Crippen LogP) is 5.39. The van der Waals surface area contributed by atoms with E-state index in [1.807, 2.05) is 71.6 Å². The Morgan fingerprint density at radius 1 is 0.938 bits per heavy atom. The van der Waals surface area contributed by atoms with E-state index in [1.54, 1.807) is 0 Å². The molecule has 158 valence electrons. The van der Waals surface area contributed by atoms with E-state index in [-0.39, 0.29) is 5.91 Å². The van der Waals surface area contributed by atoms with Gasteiger partial charge in [0.1, 0.15) is 11.3 Å². The predicted molar refractivity (Wildman–Crippen MR) is 123 cm³/mol. The van der Waals surface area contributed by atoms with Crippen LogP contribution < -0.4 is 0 Å². The minimum absolute atomic E-state index is 0.0511. The molecular weight excluding hydrogens is 400 g/mol. The van der Waals surface area contributed by atoms with Gasteiger partial charge in [-0.1, -0.05) is 47.6 Å². The molecule has 3 heterocycles. The summed E-state index contributed by atoms with van der Waals surface area (Å²) in [5.74, 6) is 2.11. The summed E-state index contributed by atoms with van der Waals surface area (Å²) in [6, 6.07) is 23.6. The Balaban J connectivity index is 1.21. The van der Waals surface area contributed by atoms with Crippen LogP contribution in [0.2, 0.25) is 0 Å². The summed E-state index contributed by atoms with van der Waals surface area (Å²) in [5, 5.41) is 5.02. The Morgan fingerprint density at radius 3 is 2.53 bits per heavy atom. The number of benzene rings is 3. The van der Waals surface area contributed by atoms with E-state index in [1.165, 1.54) is 0 Å². The molecule has 6 nitrogen and oxygen atoms in total. The van der Waals surface area contributed by atoms with Crippen molar-refractivity contribution in [3.05, 3.63) is 84.2 Å². The van der Waals surface area contributed by atoms with Gasteiger partial charge >= 0.3 is 0 Å². The van der Waals surface area contributed by atoms with Crippen molar-refractivity contribution in [1.29, 1.82) is 0 Å². The average molecular weight is 422 g/mol. The number of piperidine rings is 1. The van der Waals surface area contributed by atoms with Gasteiger partial charge in [-0.3, -0.25) is 4.79 Å². The van der Waals surface area contributed by atoms with Crippen LogP contribution in [0, 0.1) is 0 Å². The zero-order chi connectivity index (χ0) is 21.5. The van der Waals surface area contributed by atoms with Crippen molar-refractivity contribution < 1.29 is 9.32 Å². The largest absolute Gasteiger partial charge is 0.355 e. The third-order valence-corrected chi connectivity index (χ3v) is 6.34. The van der Waals surface area contributed by atoms with Gasteiger partial charge in [-0.2, -0.15) is 0 Å². The number of hydrogen-bond donors (Lipinski definition) is 1. The summed E-state index contributed by atoms with van der Waals surface area (Å²) in [6.07, 6.45) is 1.80. The molecule has 6 rings (SSSR count). The van der Waals surface area contributed by atoms with Gasteiger partial charge in [-0.25, -0.2) is 4.98 Å². The van der Waals surface area contributed by atoms with E-state index >= 15 is 0 Å². The highest BCUT2D eigenvalue weighted by Gasteiger charge is 2.27. The minimum atomic E-state index is 0.0511. The Bertz CT molecular complexity index is 1380. The molecule has 0 saturated carbocycles. The van der Waals surface area contributed by atoms with Crippen molar-refractivity contribution in [2.75, 3.05) is 13.1 Å². The highest BCUT2D eigenvalue weighted by atomic mass is 16.5. The van der Waals surface area contributed by atoms with Crippen LogP contribution in [-0.4, -0.2) is 39.0 Å². The first-order valence-electron chi connectivity index (χ1n) is 10.9. The lowest BCUT2D eigenvalue weighted by atomic mass is 9.95. The minimum Gasteiger partial charge on any atom is -0.355 e. The highest BCUT2D eigenvalue weighted by molar-refractivity contribution is 6.01. The second kappa shape index (κ2) is 7.64. The maximum atomic E-state index is 13.2. The lowest BCUT2D eigenvalue weighted by molar-refractivity contribution is 0.0711. The number of aromatic amines is 1. The van der Waals surface area contributed by atoms with Crippen molar-refractivity contribution in [1.82, 2.24) is 20.0 Å². The molecule has 32 heavy (non-hydrogen) atoms. The van der Waals surface area contributed by atoms with E-state index < -0.39 is 0 Å². The Labute approximate surface area is 184 Å². The molecule has 2 aromatic heterocycles. The Hall–Kier alpha value is -3.93. The van der Waals surface area contributed by atoms with E-state index in [0.29, 0.717) is 30.3 Å². The fourth-order valence-corrected chi connectivity index (χ4v) is 4.58. The number of carbonyl (C=O) groups excluding carboxylic acids is 1. The number of amides is 1. The number of hydrogen-bond acceptors (Lipinski definition) is 4. The zero-order valence-electron chi connectivity index (χ0n) is 17.5. The van der Waals surface area contributed by atoms with Gasteiger partial charge < -0.3 is 14.4 Å². The number of imidazole rings is 1. The second-order valence-electron chi connectivity index (χ2n) is 8.32. The number of nitrogens with zero attached hydrogens (tertiary/aromatic N) is 3. The molecule has 1 N–H and O–H groups in total. The topological polar surface area (TPSA) is 75.0 Å². The van der Waals surface area contributed by atoms with Gasteiger partial charge in [0.15, 0.2) is 5.76 Å². The Kier molecular flexibility index (Phi) is 4.49. The number of rotatable bonds is 3. The number of para-hydroxylation sites is 2. The van der Waals surface area contributed by atoms with E-state index in [4.69, 9.17) is 9.51 Å². The van der Waals surface area contributed by atoms with Gasteiger partial charge in [0.25, 0.3) is 5.91 Å². The summed E-state index contributed by atoms with van der Waals surface area (Å²) in [6.45, 7) is 1.43. The molecule has 0 spiro atoms. The number of likely N-dealkylation sites (tertiary alicyclic amines) is 1. The molecule has 1 amide bonds. The van der Waals surface area contributed by atoms with Crippen LogP contribution >= 0.6 is 0 Å². The van der Waals surface area contributed by atoms with Crippen molar-refractivity contribution >= 4 is 27.8 Å². The van der Waals surface area contributed by atoms with Crippen LogP contribution in [0.1, 0.15) is 34.9 Å². The molecule has 1 aliphatic rings. The third-order valence-electron chi connectivity index (χ3n) is 6.34. The quantitative estimate of drug-likeness (QED) is 0.423. The lowest BCUT2D eigenvalue weighted by Gasteiger charge is -2.31. The van der Waals surface area contributed by atoms with Crippen LogP contribution in [0.5, 0.6) is 0 Å². The summed E-state index contributed by atoms with van der Waals surface area (Å²) in [7, 11) is 0. The van der Waals surface area contributed by atoms with Crippen LogP contribution in [0.25, 0.3) is 33.3 Å². The van der Waals surface area contributed by atoms with E-state index in [9.17, 15) is 4.79 Å². The number of H-pyrrole nitrogens is 1. The summed E-state index contributed by atoms with van der Waals surface area (Å²) in [5.41, 5.74) is 4.44. The summed E-state index contributed by atoms with van der Waals surface area (Å²) >= 11 is 0. The van der Waals surface area contributed by atoms with Crippen molar-refractivity contribution in [2.24, 2.45) is 0 Å². The molecule has 0 bridgehead atoms. The van der Waals surface area contributed by atoms with Gasteiger partial charge in [0, 0.05) is 30.1 Å². The molecule has 0 radical (unpaired) electrons. The molecule has 3 aromatic carbocycles. The SMILES string of the molecule is O=C(c1ccc2noc(-c3ccccc3)c2c1)N1CCC(c2nc3ccccc3[nH]2)CC1. The first kappa shape index (κ1) is 18.8. The van der Waals surface area contributed by atoms with Crippen molar-refractivity contribution in [3.63, 3.8) is 0 Å². The highest BCUT2D eigenvalue weighted by Crippen LogP contribution is 2.31. The van der Waals surface area contributed by atoms with Crippen molar-refractivity contribution in [2.45, 2.75) is 18.8 Å². The summed E-state index contributed by atoms with van der Waals surface area (Å²) in [4.78, 5) is 23.4. The standard InChI is InChI=1S/C26H22N4O2/c31-26(19-10-11-21-20(16-19)24(32-29-21)17-6-2-1-3-7-17)30-14-12-18(13-15-30)25-27-22-8-4-5-9-23(22)28-25/h1-11,16,18H,12-15H2,(H,27,28). The molecule has 0 aliphatic carbocycles. The normalized spacial score (nSPS) is 14.9. The molecule has 5 aromatic rings. The fraction of sp³-hybridized carbons (Fsp3) is 0.192. The maximum Gasteiger partial charge on any atom is 0.253 e. The van der Waals surface area contributed by atoms with Crippen LogP contribution in [0.4, 0.5) is 0 Å². The maximum absolute atomic E-state index is 13.2. The van der Waals surface area contributed by atoms with Crippen molar-refractivity contribution in [3.8, 4) is 11.3 Å². The van der Waals surface area contributed by atoms with E-state index in [2.05, 4.69) is 16.2 Å². The smallest absolute Gasteiger partial charge is 0.253 e. The van der Waals surface area contributed by atoms with E-state index in [0.717, 1.165) is 46.2 Å². The Morgan fingerprint density at radius 2 is 1.72 bits per heavy atom. The van der Waals surface area contributed by atoms with Crippen LogP contribution in [0.3, 0.4) is 0 Å². The molecule has 0 atom stereocenters. The van der Waals surface area contributed by atoms with Gasteiger partial charge in [-0.05, 0) is 43.2 Å². The van der Waals surface area contributed by atoms with Gasteiger partial charge in [-0.15, -0.1) is 0 Å². The first-order chi connectivity index (χ1) is 15.8. The molecule has 1 saturated heterocycles. The summed E-state index contributed by atoms with van der Waals surface area (Å²) < 4.78 is 5.58. The number of fused-ring (bicyclic) bond motifs is 2. The fourth-order valence-electron chi connectivity index (χ4n) is 4.58. The second-order valence-corrected chi connectivity index (χ2v) is 8.32. The zero-order valence-corrected chi connectivity index (χ0v) is 17.5. The first-order valence-corrected chi connectivity index (χ1v) is 10.9. The van der Waals surface area contributed by atoms with Gasteiger partial charge in [0.2, 0.25) is 0 Å². The molecular formula is C26H22N4O2. The van der Waals surface area contributed by atoms with Gasteiger partial charge in [0.05, 0.1) is 16.4 Å². The van der Waals surface area contributed by atoms with Crippen LogP contribution in [0.15, 0.2) is 77.3 Å². The number of aromatic nitrogens is 3. The average Bonchev–Trinajstić information content (AvgIpc) is 3.48. The molecule has 1 aliphatic heterocycles. The number of carbonyl (C=O) groups is 1. The number of nitrogens with one attached hydrogen (secondary N) is 1. The molecule has 0 unspecified atom stereocenters. The molecule has 6 heteroatoms. The molecule has 1 fully saturated rings.